The number of halogens is 3. The minimum atomic E-state index is -4.38. The predicted molar refractivity (Wildman–Crippen MR) is 103 cm³/mol. The number of methoxy groups -OCH3 is 1. The molecule has 2 aromatic carbocycles. The van der Waals surface area contributed by atoms with Crippen molar-refractivity contribution in [2.75, 3.05) is 35.7 Å². The summed E-state index contributed by atoms with van der Waals surface area (Å²) in [6, 6.07) is 13.0. The van der Waals surface area contributed by atoms with Crippen LogP contribution in [0, 0.1) is 5.92 Å². The maximum atomic E-state index is 12.6. The smallest absolute Gasteiger partial charge is 0.405 e. The fourth-order valence-electron chi connectivity index (χ4n) is 3.07. The zero-order chi connectivity index (χ0) is 21.0. The molecule has 1 aliphatic rings. The minimum Gasteiger partial charge on any atom is -0.497 e. The Hall–Kier alpha value is -3.23. The van der Waals surface area contributed by atoms with Crippen molar-refractivity contribution in [3.8, 4) is 5.75 Å². The van der Waals surface area contributed by atoms with Gasteiger partial charge in [-0.1, -0.05) is 12.1 Å². The van der Waals surface area contributed by atoms with Crippen LogP contribution in [0.2, 0.25) is 0 Å². The van der Waals surface area contributed by atoms with E-state index in [4.69, 9.17) is 4.74 Å². The largest absolute Gasteiger partial charge is 0.497 e. The van der Waals surface area contributed by atoms with Crippen LogP contribution in [0.25, 0.3) is 0 Å². The van der Waals surface area contributed by atoms with Crippen LogP contribution in [0.5, 0.6) is 5.75 Å². The van der Waals surface area contributed by atoms with Gasteiger partial charge in [0.2, 0.25) is 11.8 Å². The molecule has 29 heavy (non-hydrogen) atoms. The summed E-state index contributed by atoms with van der Waals surface area (Å²) in [6.07, 6.45) is -4.36. The molecule has 1 unspecified atom stereocenters. The highest BCUT2D eigenvalue weighted by Gasteiger charge is 2.35. The van der Waals surface area contributed by atoms with Gasteiger partial charge in [-0.15, -0.1) is 0 Å². The topological polar surface area (TPSA) is 70.7 Å². The van der Waals surface area contributed by atoms with Crippen molar-refractivity contribution in [1.29, 1.82) is 0 Å². The Balaban J connectivity index is 1.66. The molecular formula is C20H20F3N3O3. The zero-order valence-corrected chi connectivity index (χ0v) is 15.6. The standard InChI is InChI=1S/C20H20F3N3O3/c1-29-15-8-6-14(7-9-15)26-11-13(10-18(26)27)19(28)25-17-5-3-2-4-16(17)24-12-20(21,22)23/h2-9,13,24H,10-12H2,1H3,(H,25,28). The van der Waals surface area contributed by atoms with Gasteiger partial charge in [0.15, 0.2) is 0 Å². The van der Waals surface area contributed by atoms with E-state index in [0.29, 0.717) is 11.4 Å². The first-order valence-electron chi connectivity index (χ1n) is 8.92. The molecule has 0 aromatic heterocycles. The number of hydrogen-bond donors (Lipinski definition) is 2. The fraction of sp³-hybridized carbons (Fsp3) is 0.300. The number of alkyl halides is 3. The van der Waals surface area contributed by atoms with E-state index in [0.717, 1.165) is 0 Å². The lowest BCUT2D eigenvalue weighted by Crippen LogP contribution is -2.28. The Kier molecular flexibility index (Phi) is 5.95. The second kappa shape index (κ2) is 8.42. The molecular weight excluding hydrogens is 387 g/mol. The first kappa shape index (κ1) is 20.5. The molecule has 2 aromatic rings. The molecule has 1 atom stereocenters. The number of carbonyl (C=O) groups excluding carboxylic acids is 2. The summed E-state index contributed by atoms with van der Waals surface area (Å²) in [4.78, 5) is 26.5. The van der Waals surface area contributed by atoms with Gasteiger partial charge in [-0.2, -0.15) is 13.2 Å². The number of ether oxygens (including phenoxy) is 1. The first-order chi connectivity index (χ1) is 13.8. The van der Waals surface area contributed by atoms with Crippen molar-refractivity contribution in [3.05, 3.63) is 48.5 Å². The van der Waals surface area contributed by atoms with Crippen LogP contribution < -0.4 is 20.3 Å². The van der Waals surface area contributed by atoms with Crippen molar-refractivity contribution in [1.82, 2.24) is 0 Å². The number of nitrogens with one attached hydrogen (secondary N) is 2. The third-order valence-corrected chi connectivity index (χ3v) is 4.54. The van der Waals surface area contributed by atoms with E-state index in [9.17, 15) is 22.8 Å². The van der Waals surface area contributed by atoms with Crippen LogP contribution in [-0.2, 0) is 9.59 Å². The van der Waals surface area contributed by atoms with Crippen LogP contribution in [0.15, 0.2) is 48.5 Å². The molecule has 3 rings (SSSR count). The number of nitrogens with zero attached hydrogens (tertiary/aromatic N) is 1. The molecule has 0 bridgehead atoms. The van der Waals surface area contributed by atoms with E-state index in [2.05, 4.69) is 10.6 Å². The number of rotatable bonds is 6. The molecule has 154 valence electrons. The lowest BCUT2D eigenvalue weighted by atomic mass is 10.1. The summed E-state index contributed by atoms with van der Waals surface area (Å²) >= 11 is 0. The summed E-state index contributed by atoms with van der Waals surface area (Å²) in [7, 11) is 1.54. The summed E-state index contributed by atoms with van der Waals surface area (Å²) in [6.45, 7) is -1.03. The summed E-state index contributed by atoms with van der Waals surface area (Å²) in [5.41, 5.74) is 1.05. The molecule has 1 aliphatic heterocycles. The molecule has 0 aliphatic carbocycles. The molecule has 0 saturated carbocycles. The van der Waals surface area contributed by atoms with Crippen molar-refractivity contribution >= 4 is 28.9 Å². The number of para-hydroxylation sites is 2. The monoisotopic (exact) mass is 407 g/mol. The van der Waals surface area contributed by atoms with Gasteiger partial charge in [0.05, 0.1) is 24.4 Å². The van der Waals surface area contributed by atoms with Gasteiger partial charge in [-0.05, 0) is 36.4 Å². The summed E-state index contributed by atoms with van der Waals surface area (Å²) in [5.74, 6) is -0.577. The van der Waals surface area contributed by atoms with E-state index < -0.39 is 24.5 Å². The molecule has 2 N–H and O–H groups in total. The molecule has 1 saturated heterocycles. The average molecular weight is 407 g/mol. The number of carbonyl (C=O) groups is 2. The predicted octanol–water partition coefficient (Wildman–Crippen LogP) is 3.66. The van der Waals surface area contributed by atoms with Gasteiger partial charge in [-0.3, -0.25) is 9.59 Å². The van der Waals surface area contributed by atoms with Crippen LogP contribution in [-0.4, -0.2) is 38.2 Å². The lowest BCUT2D eigenvalue weighted by molar-refractivity contribution is -0.122. The second-order valence-electron chi connectivity index (χ2n) is 6.61. The third-order valence-electron chi connectivity index (χ3n) is 4.54. The zero-order valence-electron chi connectivity index (χ0n) is 15.6. The van der Waals surface area contributed by atoms with Crippen molar-refractivity contribution in [2.24, 2.45) is 5.92 Å². The Labute approximate surface area is 165 Å². The van der Waals surface area contributed by atoms with E-state index in [1.165, 1.54) is 24.1 Å². The number of amides is 2. The van der Waals surface area contributed by atoms with E-state index in [-0.39, 0.29) is 30.2 Å². The highest BCUT2D eigenvalue weighted by Crippen LogP contribution is 2.29. The minimum absolute atomic E-state index is 0.0238. The highest BCUT2D eigenvalue weighted by molar-refractivity contribution is 6.04. The fourth-order valence-corrected chi connectivity index (χ4v) is 3.07. The van der Waals surface area contributed by atoms with Crippen LogP contribution in [0.4, 0.5) is 30.2 Å². The molecule has 0 spiro atoms. The van der Waals surface area contributed by atoms with Gasteiger partial charge < -0.3 is 20.3 Å². The van der Waals surface area contributed by atoms with E-state index >= 15 is 0 Å². The molecule has 6 nitrogen and oxygen atoms in total. The van der Waals surface area contributed by atoms with Gasteiger partial charge in [0, 0.05) is 18.7 Å². The van der Waals surface area contributed by atoms with E-state index in [1.54, 1.807) is 36.4 Å². The third kappa shape index (κ3) is 5.18. The normalized spacial score (nSPS) is 16.6. The van der Waals surface area contributed by atoms with Crippen molar-refractivity contribution < 1.29 is 27.5 Å². The first-order valence-corrected chi connectivity index (χ1v) is 8.92. The maximum Gasteiger partial charge on any atom is 0.405 e. The van der Waals surface area contributed by atoms with Gasteiger partial charge in [0.25, 0.3) is 0 Å². The van der Waals surface area contributed by atoms with Gasteiger partial charge in [-0.25, -0.2) is 0 Å². The van der Waals surface area contributed by atoms with Crippen molar-refractivity contribution in [3.63, 3.8) is 0 Å². The van der Waals surface area contributed by atoms with Crippen molar-refractivity contribution in [2.45, 2.75) is 12.6 Å². The van der Waals surface area contributed by atoms with Gasteiger partial charge in [0.1, 0.15) is 12.3 Å². The van der Waals surface area contributed by atoms with Gasteiger partial charge >= 0.3 is 6.18 Å². The van der Waals surface area contributed by atoms with Crippen LogP contribution >= 0.6 is 0 Å². The summed E-state index contributed by atoms with van der Waals surface area (Å²) < 4.78 is 42.5. The molecule has 0 radical (unpaired) electrons. The second-order valence-corrected chi connectivity index (χ2v) is 6.61. The number of anilines is 3. The quantitative estimate of drug-likeness (QED) is 0.767. The average Bonchev–Trinajstić information content (AvgIpc) is 3.08. The lowest BCUT2D eigenvalue weighted by Gasteiger charge is -2.18. The maximum absolute atomic E-state index is 12.6. The molecule has 2 amide bonds. The SMILES string of the molecule is COc1ccc(N2CC(C(=O)Nc3ccccc3NCC(F)(F)F)CC2=O)cc1. The Morgan fingerprint density at radius 1 is 1.14 bits per heavy atom. The van der Waals surface area contributed by atoms with Crippen LogP contribution in [0.1, 0.15) is 6.42 Å². The number of benzene rings is 2. The highest BCUT2D eigenvalue weighted by atomic mass is 19.4. The Bertz CT molecular complexity index is 885. The number of hydrogen-bond acceptors (Lipinski definition) is 4. The Morgan fingerprint density at radius 2 is 1.79 bits per heavy atom. The van der Waals surface area contributed by atoms with Crippen LogP contribution in [0.3, 0.4) is 0 Å². The summed E-state index contributed by atoms with van der Waals surface area (Å²) in [5, 5.41) is 4.91. The van der Waals surface area contributed by atoms with E-state index in [1.807, 2.05) is 0 Å². The Morgan fingerprint density at radius 3 is 2.41 bits per heavy atom. The molecule has 1 fully saturated rings. The molecule has 9 heteroatoms. The molecule has 1 heterocycles.